The van der Waals surface area contributed by atoms with E-state index >= 15 is 0 Å². The van der Waals surface area contributed by atoms with E-state index in [1.807, 2.05) is 0 Å². The molecule has 25 heavy (non-hydrogen) atoms. The Bertz CT molecular complexity index is 793. The molecular weight excluding hydrogens is 346 g/mol. The van der Waals surface area contributed by atoms with Gasteiger partial charge < -0.3 is 15.4 Å². The lowest BCUT2D eigenvalue weighted by Crippen LogP contribution is -2.43. The van der Waals surface area contributed by atoms with Crippen molar-refractivity contribution >= 4 is 27.7 Å². The van der Waals surface area contributed by atoms with E-state index < -0.39 is 10.0 Å². The van der Waals surface area contributed by atoms with Gasteiger partial charge in [-0.1, -0.05) is 0 Å². The van der Waals surface area contributed by atoms with Crippen LogP contribution in [0.3, 0.4) is 0 Å². The van der Waals surface area contributed by atoms with Crippen LogP contribution in [0.15, 0.2) is 18.2 Å². The van der Waals surface area contributed by atoms with Crippen LogP contribution in [0.5, 0.6) is 0 Å². The van der Waals surface area contributed by atoms with Crippen molar-refractivity contribution < 1.29 is 22.7 Å². The third-order valence-corrected chi connectivity index (χ3v) is 5.71. The van der Waals surface area contributed by atoms with E-state index in [4.69, 9.17) is 4.74 Å². The molecule has 9 heteroatoms. The van der Waals surface area contributed by atoms with Gasteiger partial charge in [-0.2, -0.15) is 0 Å². The van der Waals surface area contributed by atoms with Gasteiger partial charge in [0.25, 0.3) is 0 Å². The molecule has 8 nitrogen and oxygen atoms in total. The first-order chi connectivity index (χ1) is 11.8. The fraction of sp³-hybridized carbons (Fsp3) is 0.500. The SMILES string of the molecule is CS(=O)(=O)N1CCC[C@H](CNC(=O)Nc2ccc3c(c2)COC3=O)C1. The molecule has 1 atom stereocenters. The van der Waals surface area contributed by atoms with Gasteiger partial charge in [0.05, 0.1) is 11.8 Å². The number of piperidine rings is 1. The van der Waals surface area contributed by atoms with Crippen LogP contribution in [0.4, 0.5) is 10.5 Å². The fourth-order valence-corrected chi connectivity index (χ4v) is 4.06. The third kappa shape index (κ3) is 4.29. The van der Waals surface area contributed by atoms with Crippen molar-refractivity contribution in [2.45, 2.75) is 19.4 Å². The Morgan fingerprint density at radius 2 is 2.20 bits per heavy atom. The second-order valence-corrected chi connectivity index (χ2v) is 8.39. The molecule has 0 bridgehead atoms. The molecule has 0 unspecified atom stereocenters. The number of hydrogen-bond acceptors (Lipinski definition) is 5. The number of nitrogens with zero attached hydrogens (tertiary/aromatic N) is 1. The molecule has 3 rings (SSSR count). The predicted molar refractivity (Wildman–Crippen MR) is 91.7 cm³/mol. The average molecular weight is 367 g/mol. The van der Waals surface area contributed by atoms with Gasteiger partial charge >= 0.3 is 12.0 Å². The van der Waals surface area contributed by atoms with Crippen molar-refractivity contribution in [2.24, 2.45) is 5.92 Å². The summed E-state index contributed by atoms with van der Waals surface area (Å²) < 4.78 is 29.6. The summed E-state index contributed by atoms with van der Waals surface area (Å²) in [5.74, 6) is -0.251. The highest BCUT2D eigenvalue weighted by Crippen LogP contribution is 2.23. The van der Waals surface area contributed by atoms with Gasteiger partial charge in [-0.05, 0) is 37.0 Å². The summed E-state index contributed by atoms with van der Waals surface area (Å²) in [6.07, 6.45) is 2.88. The minimum Gasteiger partial charge on any atom is -0.457 e. The van der Waals surface area contributed by atoms with Crippen LogP contribution in [0, 0.1) is 5.92 Å². The number of fused-ring (bicyclic) bond motifs is 1. The maximum atomic E-state index is 12.0. The minimum absolute atomic E-state index is 0.0975. The number of hydrogen-bond donors (Lipinski definition) is 2. The molecule has 2 amide bonds. The molecule has 136 valence electrons. The van der Waals surface area contributed by atoms with Crippen molar-refractivity contribution in [3.05, 3.63) is 29.3 Å². The summed E-state index contributed by atoms with van der Waals surface area (Å²) >= 11 is 0. The zero-order valence-corrected chi connectivity index (χ0v) is 14.8. The van der Waals surface area contributed by atoms with Crippen molar-refractivity contribution in [3.8, 4) is 0 Å². The zero-order valence-electron chi connectivity index (χ0n) is 13.9. The Morgan fingerprint density at radius 1 is 1.40 bits per heavy atom. The highest BCUT2D eigenvalue weighted by molar-refractivity contribution is 7.88. The number of anilines is 1. The Hall–Kier alpha value is -2.13. The Balaban J connectivity index is 1.51. The number of rotatable bonds is 4. The van der Waals surface area contributed by atoms with Gasteiger partial charge in [0.2, 0.25) is 10.0 Å². The van der Waals surface area contributed by atoms with Gasteiger partial charge in [0.1, 0.15) is 6.61 Å². The maximum Gasteiger partial charge on any atom is 0.338 e. The van der Waals surface area contributed by atoms with Crippen LogP contribution < -0.4 is 10.6 Å². The zero-order chi connectivity index (χ0) is 18.0. The fourth-order valence-electron chi connectivity index (χ4n) is 3.12. The first kappa shape index (κ1) is 17.7. The molecule has 1 saturated heterocycles. The summed E-state index contributed by atoms with van der Waals surface area (Å²) in [4.78, 5) is 23.5. The van der Waals surface area contributed by atoms with Crippen molar-refractivity contribution in [1.29, 1.82) is 0 Å². The molecule has 2 aliphatic heterocycles. The lowest BCUT2D eigenvalue weighted by molar-refractivity contribution is 0.0535. The predicted octanol–water partition coefficient (Wildman–Crippen LogP) is 1.15. The second kappa shape index (κ2) is 7.01. The lowest BCUT2D eigenvalue weighted by Gasteiger charge is -2.30. The largest absolute Gasteiger partial charge is 0.457 e. The molecule has 0 saturated carbocycles. The van der Waals surface area contributed by atoms with Crippen molar-refractivity contribution in [3.63, 3.8) is 0 Å². The smallest absolute Gasteiger partial charge is 0.338 e. The van der Waals surface area contributed by atoms with Crippen LogP contribution in [-0.4, -0.2) is 50.6 Å². The first-order valence-electron chi connectivity index (χ1n) is 8.13. The Labute approximate surface area is 146 Å². The summed E-state index contributed by atoms with van der Waals surface area (Å²) in [7, 11) is -3.19. The molecule has 0 aliphatic carbocycles. The molecule has 2 heterocycles. The van der Waals surface area contributed by atoms with Crippen molar-refractivity contribution in [2.75, 3.05) is 31.2 Å². The molecule has 1 fully saturated rings. The van der Waals surface area contributed by atoms with E-state index in [2.05, 4.69) is 10.6 Å². The van der Waals surface area contributed by atoms with Crippen LogP contribution in [0.25, 0.3) is 0 Å². The molecule has 0 radical (unpaired) electrons. The van der Waals surface area contributed by atoms with Gasteiger partial charge in [-0.15, -0.1) is 0 Å². The molecule has 2 aliphatic rings. The Morgan fingerprint density at radius 3 is 2.96 bits per heavy atom. The standard InChI is InChI=1S/C16H21N3O5S/c1-25(22,23)19-6-2-3-11(9-19)8-17-16(21)18-13-4-5-14-12(7-13)10-24-15(14)20/h4-5,7,11H,2-3,6,8-10H2,1H3,(H2,17,18,21)/t11-/m1/s1. The number of esters is 1. The summed E-state index contributed by atoms with van der Waals surface area (Å²) in [5, 5.41) is 5.50. The van der Waals surface area contributed by atoms with Gasteiger partial charge in [0, 0.05) is 30.9 Å². The lowest BCUT2D eigenvalue weighted by atomic mass is 10.00. The maximum absolute atomic E-state index is 12.0. The molecule has 1 aromatic rings. The minimum atomic E-state index is -3.19. The van der Waals surface area contributed by atoms with E-state index in [9.17, 15) is 18.0 Å². The van der Waals surface area contributed by atoms with E-state index in [-0.39, 0.29) is 24.5 Å². The normalized spacial score (nSPS) is 20.7. The molecule has 1 aromatic carbocycles. The number of benzene rings is 1. The number of sulfonamides is 1. The first-order valence-corrected chi connectivity index (χ1v) is 9.98. The Kier molecular flexibility index (Phi) is 4.96. The topological polar surface area (TPSA) is 105 Å². The van der Waals surface area contributed by atoms with Crippen LogP contribution >= 0.6 is 0 Å². The molecular formula is C16H21N3O5S. The van der Waals surface area contributed by atoms with Crippen molar-refractivity contribution in [1.82, 2.24) is 9.62 Å². The summed E-state index contributed by atoms with van der Waals surface area (Å²) in [6, 6.07) is 4.63. The van der Waals surface area contributed by atoms with E-state index in [0.29, 0.717) is 30.9 Å². The van der Waals surface area contributed by atoms with Crippen LogP contribution in [0.1, 0.15) is 28.8 Å². The number of carbonyl (C=O) groups is 2. The highest BCUT2D eigenvalue weighted by Gasteiger charge is 2.26. The second-order valence-electron chi connectivity index (χ2n) is 6.41. The number of cyclic esters (lactones) is 1. The highest BCUT2D eigenvalue weighted by atomic mass is 32.2. The van der Waals surface area contributed by atoms with E-state index in [1.165, 1.54) is 10.6 Å². The van der Waals surface area contributed by atoms with E-state index in [0.717, 1.165) is 18.4 Å². The van der Waals surface area contributed by atoms with Gasteiger partial charge in [-0.25, -0.2) is 22.3 Å². The number of carbonyl (C=O) groups excluding carboxylic acids is 2. The van der Waals surface area contributed by atoms with Gasteiger partial charge in [-0.3, -0.25) is 0 Å². The summed E-state index contributed by atoms with van der Waals surface area (Å²) in [6.45, 7) is 1.59. The quantitative estimate of drug-likeness (QED) is 0.777. The molecule has 2 N–H and O–H groups in total. The average Bonchev–Trinajstić information content (AvgIpc) is 2.93. The monoisotopic (exact) mass is 367 g/mol. The van der Waals surface area contributed by atoms with Gasteiger partial charge in [0.15, 0.2) is 0 Å². The number of urea groups is 1. The summed E-state index contributed by atoms with van der Waals surface area (Å²) in [5.41, 5.74) is 1.85. The number of nitrogens with one attached hydrogen (secondary N) is 2. The number of amides is 2. The molecule has 0 spiro atoms. The van der Waals surface area contributed by atoms with Crippen LogP contribution in [0.2, 0.25) is 0 Å². The molecule has 0 aromatic heterocycles. The number of ether oxygens (including phenoxy) is 1. The third-order valence-electron chi connectivity index (χ3n) is 4.44. The van der Waals surface area contributed by atoms with E-state index in [1.54, 1.807) is 18.2 Å². The van der Waals surface area contributed by atoms with Crippen LogP contribution in [-0.2, 0) is 21.4 Å².